The molecule has 0 spiro atoms. The summed E-state index contributed by atoms with van der Waals surface area (Å²) < 4.78 is 8.88. The van der Waals surface area contributed by atoms with Gasteiger partial charge in [-0.05, 0) is 0 Å². The van der Waals surface area contributed by atoms with Gasteiger partial charge in [-0.1, -0.05) is 0 Å². The van der Waals surface area contributed by atoms with Crippen LogP contribution in [0.2, 0.25) is 0 Å². The van der Waals surface area contributed by atoms with Crippen molar-refractivity contribution in [1.29, 1.82) is 0 Å². The van der Waals surface area contributed by atoms with E-state index in [0.29, 0.717) is 0 Å². The van der Waals surface area contributed by atoms with E-state index in [1.54, 1.807) is 0 Å². The van der Waals surface area contributed by atoms with Crippen molar-refractivity contribution in [2.45, 2.75) is 0 Å². The maximum Gasteiger partial charge on any atom is 1.00 e. The molecule has 0 aromatic rings. The second kappa shape index (κ2) is 17.9. The summed E-state index contributed by atoms with van der Waals surface area (Å²) in [6, 6.07) is 0. The second-order valence-electron chi connectivity index (χ2n) is 0.513. The summed E-state index contributed by atoms with van der Waals surface area (Å²) in [5.74, 6) is 0. The predicted molar refractivity (Wildman–Crippen MR) is 24.8 cm³/mol. The molecule has 6 nitrogen and oxygen atoms in total. The van der Waals surface area contributed by atoms with Gasteiger partial charge in [0.05, 0.1) is 0 Å². The van der Waals surface area contributed by atoms with E-state index in [0.717, 1.165) is 0 Å². The largest absolute Gasteiger partial charge is 1.00 e. The van der Waals surface area contributed by atoms with Crippen molar-refractivity contribution >= 4 is 7.82 Å². The summed E-state index contributed by atoms with van der Waals surface area (Å²) >= 11 is 0. The van der Waals surface area contributed by atoms with Crippen LogP contribution < -0.4 is 88.7 Å². The Morgan fingerprint density at radius 3 is 0.900 bits per heavy atom. The van der Waals surface area contributed by atoms with Gasteiger partial charge < -0.3 is 29.9 Å². The van der Waals surface area contributed by atoms with E-state index in [2.05, 4.69) is 0 Å². The Balaban J connectivity index is -0.00000000286. The molecule has 0 aromatic heterocycles. The molecule has 0 bridgehead atoms. The van der Waals surface area contributed by atoms with Gasteiger partial charge in [0.25, 0.3) is 0 Å². The summed E-state index contributed by atoms with van der Waals surface area (Å²) in [6.07, 6.45) is 0. The molecule has 0 saturated heterocycles. The Bertz CT molecular complexity index is 69.3. The van der Waals surface area contributed by atoms with Crippen molar-refractivity contribution in [3.8, 4) is 0 Å². The number of rotatable bonds is 0. The van der Waals surface area contributed by atoms with Crippen LogP contribution in [0.3, 0.4) is 0 Å². The van der Waals surface area contributed by atoms with Crippen LogP contribution in [-0.4, -0.2) is 25.6 Å². The van der Waals surface area contributed by atoms with E-state index >= 15 is 0 Å². The van der Waals surface area contributed by atoms with Gasteiger partial charge in [-0.3, -0.25) is 0 Å². The van der Waals surface area contributed by atoms with Crippen molar-refractivity contribution in [2.24, 2.45) is 0 Å². The Hall–Kier alpha value is 3.03. The molecule has 0 aliphatic carbocycles. The SMILES string of the molecule is O.O.O=P(O)(O)O.[H-].[H-].[H-].[Na+].[Na+].[Na+]. The van der Waals surface area contributed by atoms with Crippen LogP contribution in [0.4, 0.5) is 0 Å². The molecular formula is H10Na3O6P. The molecule has 0 radical (unpaired) electrons. The van der Waals surface area contributed by atoms with Gasteiger partial charge in [0.1, 0.15) is 0 Å². The van der Waals surface area contributed by atoms with Crippen LogP contribution in [0, 0.1) is 0 Å². The van der Waals surface area contributed by atoms with Crippen LogP contribution in [0.25, 0.3) is 0 Å². The summed E-state index contributed by atoms with van der Waals surface area (Å²) in [7, 11) is -4.64. The predicted octanol–water partition coefficient (Wildman–Crippen LogP) is -11.2. The van der Waals surface area contributed by atoms with Gasteiger partial charge in [0.15, 0.2) is 0 Å². The average molecular weight is 206 g/mol. The van der Waals surface area contributed by atoms with Crippen LogP contribution in [-0.2, 0) is 4.57 Å². The molecule has 54 valence electrons. The zero-order valence-corrected chi connectivity index (χ0v) is 13.1. The third kappa shape index (κ3) is 121. The summed E-state index contributed by atoms with van der Waals surface area (Å²) in [5, 5.41) is 0. The van der Waals surface area contributed by atoms with Crippen LogP contribution >= 0.6 is 7.82 Å². The summed E-state index contributed by atoms with van der Waals surface area (Å²) in [6.45, 7) is 0. The number of hydrogen-bond acceptors (Lipinski definition) is 1. The van der Waals surface area contributed by atoms with E-state index in [1.807, 2.05) is 0 Å². The van der Waals surface area contributed by atoms with Gasteiger partial charge >= 0.3 is 96.5 Å². The van der Waals surface area contributed by atoms with Gasteiger partial charge in [-0.2, -0.15) is 0 Å². The molecule has 0 aliphatic heterocycles. The van der Waals surface area contributed by atoms with Gasteiger partial charge in [-0.15, -0.1) is 0 Å². The quantitative estimate of drug-likeness (QED) is 0.267. The molecule has 10 heteroatoms. The first-order chi connectivity index (χ1) is 2.00. The van der Waals surface area contributed by atoms with Crippen molar-refractivity contribution in [3.63, 3.8) is 0 Å². The first-order valence-corrected chi connectivity index (χ1v) is 2.35. The Labute approximate surface area is 129 Å². The monoisotopic (exact) mass is 206 g/mol. The third-order valence-corrected chi connectivity index (χ3v) is 0. The molecule has 0 heterocycles. The molecule has 0 saturated carbocycles. The minimum Gasteiger partial charge on any atom is -1.00 e. The normalized spacial score (nSPS) is 5.90. The van der Waals surface area contributed by atoms with Crippen LogP contribution in [0.5, 0.6) is 0 Å². The first-order valence-electron chi connectivity index (χ1n) is 0.783. The summed E-state index contributed by atoms with van der Waals surface area (Å²) in [4.78, 5) is 21.6. The smallest absolute Gasteiger partial charge is 1.00 e. The number of hydrogen-bond donors (Lipinski definition) is 3. The van der Waals surface area contributed by atoms with Crippen molar-refractivity contribution < 1.29 is 123 Å². The second-order valence-corrected chi connectivity index (χ2v) is 1.54. The molecule has 7 N–H and O–H groups in total. The van der Waals surface area contributed by atoms with E-state index in [4.69, 9.17) is 19.2 Å². The first kappa shape index (κ1) is 38.2. The zero-order valence-electron chi connectivity index (χ0n) is 9.20. The third-order valence-electron chi connectivity index (χ3n) is 0. The molecule has 0 fully saturated rings. The van der Waals surface area contributed by atoms with Crippen molar-refractivity contribution in [1.82, 2.24) is 0 Å². The number of phosphoric acid groups is 1. The molecule has 0 unspecified atom stereocenters. The molecule has 0 aromatic carbocycles. The van der Waals surface area contributed by atoms with Crippen molar-refractivity contribution in [2.75, 3.05) is 0 Å². The van der Waals surface area contributed by atoms with E-state index in [-0.39, 0.29) is 104 Å². The Morgan fingerprint density at radius 2 is 0.900 bits per heavy atom. The van der Waals surface area contributed by atoms with E-state index in [9.17, 15) is 0 Å². The molecular weight excluding hydrogens is 196 g/mol. The minimum atomic E-state index is -4.64. The average Bonchev–Trinajstić information content (AvgIpc) is 0.722. The molecule has 0 aliphatic rings. The van der Waals surface area contributed by atoms with E-state index < -0.39 is 7.82 Å². The molecule has 0 amide bonds. The standard InChI is InChI=1S/3Na.H3O4P.2H2O.3H/c;;;1-5(2,3)4;;;;;/h;;;(H3,1,2,3,4);2*1H2;;;/q3*+1;;;;3*-1. The van der Waals surface area contributed by atoms with E-state index in [1.165, 1.54) is 0 Å². The zero-order chi connectivity index (χ0) is 4.50. The molecule has 10 heavy (non-hydrogen) atoms. The minimum absolute atomic E-state index is 0. The maximum absolute atomic E-state index is 8.88. The summed E-state index contributed by atoms with van der Waals surface area (Å²) in [5.41, 5.74) is 0. The van der Waals surface area contributed by atoms with Gasteiger partial charge in [0.2, 0.25) is 0 Å². The fourth-order valence-electron chi connectivity index (χ4n) is 0. The Morgan fingerprint density at radius 1 is 0.900 bits per heavy atom. The van der Waals surface area contributed by atoms with Crippen molar-refractivity contribution in [3.05, 3.63) is 0 Å². The van der Waals surface area contributed by atoms with Crippen LogP contribution in [0.1, 0.15) is 4.28 Å². The fourth-order valence-corrected chi connectivity index (χ4v) is 0. The Kier molecular flexibility index (Phi) is 68.5. The topological polar surface area (TPSA) is 141 Å². The molecule has 0 atom stereocenters. The van der Waals surface area contributed by atoms with Gasteiger partial charge in [-0.25, -0.2) is 4.57 Å². The van der Waals surface area contributed by atoms with Crippen LogP contribution in [0.15, 0.2) is 0 Å². The fraction of sp³-hybridized carbons (Fsp3) is 0. The maximum atomic E-state index is 8.88. The molecule has 0 rings (SSSR count). The van der Waals surface area contributed by atoms with Gasteiger partial charge in [0, 0.05) is 0 Å².